The van der Waals surface area contributed by atoms with Gasteiger partial charge in [0.05, 0.1) is 17.2 Å². The van der Waals surface area contributed by atoms with Gasteiger partial charge in [-0.15, -0.1) is 0 Å². The second-order valence-corrected chi connectivity index (χ2v) is 3.05. The molecule has 0 aliphatic rings. The third-order valence-corrected chi connectivity index (χ3v) is 1.96. The van der Waals surface area contributed by atoms with Crippen molar-refractivity contribution in [3.8, 4) is 5.75 Å². The van der Waals surface area contributed by atoms with Crippen LogP contribution in [0.15, 0.2) is 18.7 Å². The maximum atomic E-state index is 13.2. The van der Waals surface area contributed by atoms with Gasteiger partial charge < -0.3 is 9.84 Å². The summed E-state index contributed by atoms with van der Waals surface area (Å²) in [6.07, 6.45) is 0. The van der Waals surface area contributed by atoms with Gasteiger partial charge in [0.15, 0.2) is 0 Å². The van der Waals surface area contributed by atoms with Gasteiger partial charge >= 0.3 is 0 Å². The first-order valence-corrected chi connectivity index (χ1v) is 4.44. The van der Waals surface area contributed by atoms with Gasteiger partial charge in [-0.2, -0.15) is 0 Å². The summed E-state index contributed by atoms with van der Waals surface area (Å²) in [7, 11) is 0. The zero-order chi connectivity index (χ0) is 10.7. The van der Waals surface area contributed by atoms with E-state index in [0.29, 0.717) is 6.61 Å². The zero-order valence-corrected chi connectivity index (χ0v) is 8.44. The number of phenols is 1. The third-order valence-electron chi connectivity index (χ3n) is 1.66. The van der Waals surface area contributed by atoms with E-state index < -0.39 is 5.82 Å². The molecule has 0 amide bonds. The molecule has 0 unspecified atom stereocenters. The average Bonchev–Trinajstić information content (AvgIpc) is 2.11. The maximum absolute atomic E-state index is 13.2. The van der Waals surface area contributed by atoms with Crippen LogP contribution in [0.2, 0.25) is 5.02 Å². The molecule has 1 rings (SSSR count). The Morgan fingerprint density at radius 1 is 1.64 bits per heavy atom. The van der Waals surface area contributed by atoms with Crippen molar-refractivity contribution < 1.29 is 14.2 Å². The minimum atomic E-state index is -0.606. The second-order valence-electron chi connectivity index (χ2n) is 2.64. The van der Waals surface area contributed by atoms with Crippen LogP contribution >= 0.6 is 11.6 Å². The van der Waals surface area contributed by atoms with E-state index in [1.807, 2.05) is 0 Å². The van der Waals surface area contributed by atoms with E-state index in [1.165, 1.54) is 6.07 Å². The quantitative estimate of drug-likeness (QED) is 0.787. The minimum Gasteiger partial charge on any atom is -0.506 e. The highest BCUT2D eigenvalue weighted by atomic mass is 35.5. The number of rotatable bonds is 3. The molecule has 2 nitrogen and oxygen atoms in total. The van der Waals surface area contributed by atoms with Gasteiger partial charge in [-0.3, -0.25) is 0 Å². The van der Waals surface area contributed by atoms with E-state index in [-0.39, 0.29) is 22.1 Å². The van der Waals surface area contributed by atoms with E-state index in [4.69, 9.17) is 21.4 Å². The fourth-order valence-corrected chi connectivity index (χ4v) is 1.17. The van der Waals surface area contributed by atoms with Crippen LogP contribution in [-0.2, 0) is 4.74 Å². The second kappa shape index (κ2) is 4.33. The molecule has 1 aromatic rings. The summed E-state index contributed by atoms with van der Waals surface area (Å²) >= 11 is 5.62. The predicted molar refractivity (Wildman–Crippen MR) is 53.7 cm³/mol. The summed E-state index contributed by atoms with van der Waals surface area (Å²) in [4.78, 5) is 0. The summed E-state index contributed by atoms with van der Waals surface area (Å²) in [6, 6.07) is 2.21. The molecule has 0 atom stereocenters. The Balaban J connectivity index is 3.09. The Hall–Kier alpha value is -1.22. The molecule has 1 N–H and O–H groups in total. The Kier molecular flexibility index (Phi) is 3.36. The number of hydrogen-bond donors (Lipinski definition) is 1. The lowest BCUT2D eigenvalue weighted by atomic mass is 10.2. The Morgan fingerprint density at radius 3 is 2.86 bits per heavy atom. The van der Waals surface area contributed by atoms with Crippen molar-refractivity contribution in [2.75, 3.05) is 6.61 Å². The van der Waals surface area contributed by atoms with Crippen molar-refractivity contribution in [2.24, 2.45) is 0 Å². The normalized spacial score (nSPS) is 9.93. The van der Waals surface area contributed by atoms with Gasteiger partial charge in [0.25, 0.3) is 0 Å². The van der Waals surface area contributed by atoms with E-state index in [1.54, 1.807) is 6.92 Å². The predicted octanol–water partition coefficient (Wildman–Crippen LogP) is 3.19. The molecule has 76 valence electrons. The van der Waals surface area contributed by atoms with Crippen molar-refractivity contribution in [1.82, 2.24) is 0 Å². The van der Waals surface area contributed by atoms with Crippen LogP contribution in [0, 0.1) is 5.82 Å². The van der Waals surface area contributed by atoms with Gasteiger partial charge in [-0.05, 0) is 13.0 Å². The highest BCUT2D eigenvalue weighted by molar-refractivity contribution is 6.32. The van der Waals surface area contributed by atoms with Crippen molar-refractivity contribution in [3.05, 3.63) is 35.1 Å². The molecule has 0 spiro atoms. The summed E-state index contributed by atoms with van der Waals surface area (Å²) in [6.45, 7) is 5.71. The van der Waals surface area contributed by atoms with Gasteiger partial charge in [0, 0.05) is 6.07 Å². The molecule has 0 bridgehead atoms. The first-order chi connectivity index (χ1) is 6.56. The fourth-order valence-electron chi connectivity index (χ4n) is 1.00. The third kappa shape index (κ3) is 2.17. The lowest BCUT2D eigenvalue weighted by molar-refractivity contribution is 0.297. The molecule has 0 fully saturated rings. The Bertz CT molecular complexity index is 363. The molecule has 0 aliphatic carbocycles. The van der Waals surface area contributed by atoms with Gasteiger partial charge in [0.2, 0.25) is 0 Å². The van der Waals surface area contributed by atoms with Crippen LogP contribution in [-0.4, -0.2) is 11.7 Å². The molecule has 0 heterocycles. The number of benzene rings is 1. The highest BCUT2D eigenvalue weighted by Gasteiger charge is 2.11. The van der Waals surface area contributed by atoms with Gasteiger partial charge in [-0.1, -0.05) is 18.2 Å². The smallest absolute Gasteiger partial charge is 0.137 e. The van der Waals surface area contributed by atoms with Crippen molar-refractivity contribution in [1.29, 1.82) is 0 Å². The summed E-state index contributed by atoms with van der Waals surface area (Å²) < 4.78 is 18.3. The van der Waals surface area contributed by atoms with E-state index in [2.05, 4.69) is 6.58 Å². The summed E-state index contributed by atoms with van der Waals surface area (Å²) in [5.41, 5.74) is 0.162. The van der Waals surface area contributed by atoms with Crippen molar-refractivity contribution in [2.45, 2.75) is 6.92 Å². The van der Waals surface area contributed by atoms with Crippen molar-refractivity contribution >= 4 is 17.4 Å². The number of ether oxygens (including phenoxy) is 1. The van der Waals surface area contributed by atoms with E-state index in [0.717, 1.165) is 6.07 Å². The SMILES string of the molecule is C=C(OCC)c1cc(Cl)c(O)cc1F. The Morgan fingerprint density at radius 2 is 2.29 bits per heavy atom. The van der Waals surface area contributed by atoms with Crippen LogP contribution in [0.25, 0.3) is 5.76 Å². The van der Waals surface area contributed by atoms with E-state index in [9.17, 15) is 4.39 Å². The van der Waals surface area contributed by atoms with Crippen LogP contribution in [0.3, 0.4) is 0 Å². The molecule has 1 aromatic carbocycles. The zero-order valence-electron chi connectivity index (χ0n) is 7.68. The number of phenolic OH excluding ortho intramolecular Hbond substituents is 1. The molecule has 0 radical (unpaired) electrons. The summed E-state index contributed by atoms with van der Waals surface area (Å²) in [5.74, 6) is -0.700. The minimum absolute atomic E-state index is 0.0715. The number of aromatic hydroxyl groups is 1. The van der Waals surface area contributed by atoms with Gasteiger partial charge in [-0.25, -0.2) is 4.39 Å². The van der Waals surface area contributed by atoms with E-state index >= 15 is 0 Å². The molecule has 0 aliphatic heterocycles. The lowest BCUT2D eigenvalue weighted by Gasteiger charge is -2.08. The van der Waals surface area contributed by atoms with Gasteiger partial charge in [0.1, 0.15) is 17.3 Å². The highest BCUT2D eigenvalue weighted by Crippen LogP contribution is 2.29. The Labute approximate surface area is 86.6 Å². The monoisotopic (exact) mass is 216 g/mol. The first-order valence-electron chi connectivity index (χ1n) is 4.06. The van der Waals surface area contributed by atoms with Crippen LogP contribution in [0.4, 0.5) is 4.39 Å². The molecule has 0 saturated heterocycles. The lowest BCUT2D eigenvalue weighted by Crippen LogP contribution is -1.93. The van der Waals surface area contributed by atoms with Crippen LogP contribution in [0.1, 0.15) is 12.5 Å². The molecule has 0 saturated carbocycles. The number of hydrogen-bond acceptors (Lipinski definition) is 2. The number of halogens is 2. The fraction of sp³-hybridized carbons (Fsp3) is 0.200. The first kappa shape index (κ1) is 10.9. The molecule has 4 heteroatoms. The molecular formula is C10H10ClFO2. The largest absolute Gasteiger partial charge is 0.506 e. The topological polar surface area (TPSA) is 29.5 Å². The maximum Gasteiger partial charge on any atom is 0.137 e. The summed E-state index contributed by atoms with van der Waals surface area (Å²) in [5, 5.41) is 9.17. The molecular weight excluding hydrogens is 207 g/mol. The van der Waals surface area contributed by atoms with Crippen LogP contribution in [0.5, 0.6) is 5.75 Å². The standard InChI is InChI=1S/C10H10ClFO2/c1-3-14-6(2)7-4-8(11)10(13)5-9(7)12/h4-5,13H,2-3H2,1H3. The molecule has 0 aromatic heterocycles. The van der Waals surface area contributed by atoms with Crippen LogP contribution < -0.4 is 0 Å². The average molecular weight is 217 g/mol. The molecule has 14 heavy (non-hydrogen) atoms. The van der Waals surface area contributed by atoms with Crippen molar-refractivity contribution in [3.63, 3.8) is 0 Å².